The largest absolute Gasteiger partial charge is 0.350 e. The highest BCUT2D eigenvalue weighted by molar-refractivity contribution is 7.99. The standard InChI is InChI=1S/C22H24FN7OS/c1-13-8-19(29-28-13)25-18-10-20(30-11-22(23,12-30)15-6-7-15)27-21(26-18)32-17-5-3-4-16(9-17)24-14(2)31/h3-5,8-10,15H,6-7,11-12H2,1-2H3,(H,24,31)(H2,25,26,27,28,29). The van der Waals surface area contributed by atoms with E-state index >= 15 is 0 Å². The monoisotopic (exact) mass is 453 g/mol. The average molecular weight is 454 g/mol. The van der Waals surface area contributed by atoms with Crippen LogP contribution in [0.5, 0.6) is 0 Å². The van der Waals surface area contributed by atoms with Crippen LogP contribution >= 0.6 is 11.8 Å². The van der Waals surface area contributed by atoms with Gasteiger partial charge < -0.3 is 15.5 Å². The van der Waals surface area contributed by atoms with Gasteiger partial charge in [0.1, 0.15) is 23.1 Å². The molecule has 1 saturated heterocycles. The Morgan fingerprint density at radius 3 is 2.75 bits per heavy atom. The number of aromatic amines is 1. The van der Waals surface area contributed by atoms with Gasteiger partial charge in [0.2, 0.25) is 5.91 Å². The molecule has 3 N–H and O–H groups in total. The lowest BCUT2D eigenvalue weighted by molar-refractivity contribution is -0.114. The van der Waals surface area contributed by atoms with E-state index in [-0.39, 0.29) is 11.8 Å². The summed E-state index contributed by atoms with van der Waals surface area (Å²) >= 11 is 1.38. The summed E-state index contributed by atoms with van der Waals surface area (Å²) in [6, 6.07) is 11.2. The second kappa shape index (κ2) is 8.09. The third kappa shape index (κ3) is 4.55. The van der Waals surface area contributed by atoms with Crippen molar-refractivity contribution >= 4 is 40.8 Å². The zero-order chi connectivity index (χ0) is 22.3. The topological polar surface area (TPSA) is 98.8 Å². The van der Waals surface area contributed by atoms with Crippen LogP contribution in [0.4, 0.5) is 27.5 Å². The minimum absolute atomic E-state index is 0.130. The molecule has 1 aliphatic heterocycles. The van der Waals surface area contributed by atoms with Gasteiger partial charge >= 0.3 is 0 Å². The summed E-state index contributed by atoms with van der Waals surface area (Å²) in [6.45, 7) is 4.09. The van der Waals surface area contributed by atoms with Gasteiger partial charge in [0.15, 0.2) is 5.16 Å². The van der Waals surface area contributed by atoms with Crippen molar-refractivity contribution in [3.63, 3.8) is 0 Å². The number of anilines is 4. The summed E-state index contributed by atoms with van der Waals surface area (Å²) < 4.78 is 14.9. The molecular weight excluding hydrogens is 429 g/mol. The number of hydrogen-bond acceptors (Lipinski definition) is 7. The van der Waals surface area contributed by atoms with Gasteiger partial charge in [0, 0.05) is 29.6 Å². The third-order valence-electron chi connectivity index (χ3n) is 5.56. The SMILES string of the molecule is CC(=O)Nc1cccc(Sc2nc(Nc3cc(C)n[nH]3)cc(N3CC(F)(C4CC4)C3)n2)c1. The maximum absolute atomic E-state index is 14.9. The fourth-order valence-corrected chi connectivity index (χ4v) is 4.69. The summed E-state index contributed by atoms with van der Waals surface area (Å²) in [7, 11) is 0. The number of nitrogens with zero attached hydrogens (tertiary/aromatic N) is 4. The van der Waals surface area contributed by atoms with Crippen molar-refractivity contribution in [2.75, 3.05) is 28.6 Å². The Hall–Kier alpha value is -3.14. The summed E-state index contributed by atoms with van der Waals surface area (Å²) in [5.74, 6) is 2.07. The van der Waals surface area contributed by atoms with Crippen LogP contribution in [0.2, 0.25) is 0 Å². The summed E-state index contributed by atoms with van der Waals surface area (Å²) in [5.41, 5.74) is 0.471. The second-order valence-electron chi connectivity index (χ2n) is 8.42. The molecule has 3 aromatic rings. The van der Waals surface area contributed by atoms with Crippen molar-refractivity contribution in [3.05, 3.63) is 42.1 Å². The molecule has 8 nitrogen and oxygen atoms in total. The van der Waals surface area contributed by atoms with Gasteiger partial charge in [-0.25, -0.2) is 14.4 Å². The second-order valence-corrected chi connectivity index (χ2v) is 9.46. The molecule has 1 aromatic carbocycles. The Bertz CT molecular complexity index is 1160. The molecule has 0 atom stereocenters. The van der Waals surface area contributed by atoms with Gasteiger partial charge in [-0.3, -0.25) is 9.89 Å². The van der Waals surface area contributed by atoms with E-state index in [4.69, 9.17) is 4.98 Å². The fourth-order valence-electron chi connectivity index (χ4n) is 3.86. The minimum atomic E-state index is -1.10. The maximum Gasteiger partial charge on any atom is 0.221 e. The van der Waals surface area contributed by atoms with Crippen molar-refractivity contribution in [3.8, 4) is 0 Å². The van der Waals surface area contributed by atoms with E-state index in [0.717, 1.165) is 29.2 Å². The first-order valence-electron chi connectivity index (χ1n) is 10.5. The lowest BCUT2D eigenvalue weighted by atomic mass is 9.91. The smallest absolute Gasteiger partial charge is 0.221 e. The van der Waals surface area contributed by atoms with Crippen LogP contribution in [0.3, 0.4) is 0 Å². The van der Waals surface area contributed by atoms with Crippen LogP contribution < -0.4 is 15.5 Å². The molecule has 1 saturated carbocycles. The van der Waals surface area contributed by atoms with Gasteiger partial charge in [-0.2, -0.15) is 5.10 Å². The first kappa shape index (κ1) is 20.7. The molecule has 0 spiro atoms. The number of H-pyrrole nitrogens is 1. The predicted molar refractivity (Wildman–Crippen MR) is 122 cm³/mol. The van der Waals surface area contributed by atoms with E-state index in [1.165, 1.54) is 18.7 Å². The summed E-state index contributed by atoms with van der Waals surface area (Å²) in [6.07, 6.45) is 1.96. The number of rotatable bonds is 7. The zero-order valence-electron chi connectivity index (χ0n) is 17.9. The summed E-state index contributed by atoms with van der Waals surface area (Å²) in [5, 5.41) is 13.6. The highest BCUT2D eigenvalue weighted by Crippen LogP contribution is 2.48. The Kier molecular flexibility index (Phi) is 5.24. The van der Waals surface area contributed by atoms with Gasteiger partial charge in [-0.05, 0) is 55.6 Å². The zero-order valence-corrected chi connectivity index (χ0v) is 18.7. The molecule has 0 bridgehead atoms. The van der Waals surface area contributed by atoms with Gasteiger partial charge in [0.25, 0.3) is 0 Å². The van der Waals surface area contributed by atoms with Crippen molar-refractivity contribution in [1.29, 1.82) is 0 Å². The number of carbonyl (C=O) groups excluding carboxylic acids is 1. The van der Waals surface area contributed by atoms with Gasteiger partial charge in [0.05, 0.1) is 18.8 Å². The highest BCUT2D eigenvalue weighted by Gasteiger charge is 2.54. The number of aromatic nitrogens is 4. The van der Waals surface area contributed by atoms with Crippen molar-refractivity contribution < 1.29 is 9.18 Å². The lowest BCUT2D eigenvalue weighted by Crippen LogP contribution is -2.60. The predicted octanol–water partition coefficient (Wildman–Crippen LogP) is 4.30. The van der Waals surface area contributed by atoms with E-state index in [2.05, 4.69) is 25.8 Å². The molecule has 3 heterocycles. The van der Waals surface area contributed by atoms with Crippen molar-refractivity contribution in [2.24, 2.45) is 5.92 Å². The van der Waals surface area contributed by atoms with E-state index < -0.39 is 5.67 Å². The molecule has 1 aliphatic carbocycles. The fraction of sp³-hybridized carbons (Fsp3) is 0.364. The molecule has 0 unspecified atom stereocenters. The summed E-state index contributed by atoms with van der Waals surface area (Å²) in [4.78, 5) is 23.5. The molecule has 5 rings (SSSR count). The molecule has 32 heavy (non-hydrogen) atoms. The number of halogens is 1. The van der Waals surface area contributed by atoms with Gasteiger partial charge in [-0.15, -0.1) is 0 Å². The van der Waals surface area contributed by atoms with Gasteiger partial charge in [-0.1, -0.05) is 6.07 Å². The van der Waals surface area contributed by atoms with Crippen LogP contribution in [-0.4, -0.2) is 44.8 Å². The number of amides is 1. The molecule has 0 radical (unpaired) electrons. The minimum Gasteiger partial charge on any atom is -0.350 e. The molecule has 1 amide bonds. The first-order valence-corrected chi connectivity index (χ1v) is 11.4. The first-order chi connectivity index (χ1) is 15.4. The van der Waals surface area contributed by atoms with Crippen molar-refractivity contribution in [1.82, 2.24) is 20.2 Å². The van der Waals surface area contributed by atoms with Crippen LogP contribution in [0.15, 0.2) is 46.5 Å². The van der Waals surface area contributed by atoms with E-state index in [1.54, 1.807) is 0 Å². The van der Waals surface area contributed by atoms with Crippen molar-refractivity contribution in [2.45, 2.75) is 42.4 Å². The van der Waals surface area contributed by atoms with Crippen LogP contribution in [-0.2, 0) is 4.79 Å². The molecule has 10 heteroatoms. The Labute approximate surface area is 189 Å². The van der Waals surface area contributed by atoms with E-state index in [9.17, 15) is 9.18 Å². The highest BCUT2D eigenvalue weighted by atomic mass is 32.2. The lowest BCUT2D eigenvalue weighted by Gasteiger charge is -2.45. The number of nitrogens with one attached hydrogen (secondary N) is 3. The van der Waals surface area contributed by atoms with Crippen LogP contribution in [0.1, 0.15) is 25.5 Å². The van der Waals surface area contributed by atoms with E-state index in [1.807, 2.05) is 48.2 Å². The molecule has 166 valence electrons. The Morgan fingerprint density at radius 2 is 2.06 bits per heavy atom. The number of hydrogen-bond donors (Lipinski definition) is 3. The Balaban J connectivity index is 1.40. The third-order valence-corrected chi connectivity index (χ3v) is 6.42. The Morgan fingerprint density at radius 1 is 1.25 bits per heavy atom. The number of carbonyl (C=O) groups is 1. The molecular formula is C22H24FN7OS. The quantitative estimate of drug-likeness (QED) is 0.459. The van der Waals surface area contributed by atoms with Crippen LogP contribution in [0, 0.1) is 12.8 Å². The number of alkyl halides is 1. The molecule has 2 aromatic heterocycles. The van der Waals surface area contributed by atoms with Crippen LogP contribution in [0.25, 0.3) is 0 Å². The average Bonchev–Trinajstić information content (AvgIpc) is 3.48. The number of aryl methyl sites for hydroxylation is 1. The molecule has 2 aliphatic rings. The number of benzene rings is 1. The molecule has 2 fully saturated rings. The normalized spacial score (nSPS) is 17.0. The van der Waals surface area contributed by atoms with E-state index in [0.29, 0.717) is 35.6 Å². The maximum atomic E-state index is 14.9.